The second-order valence-corrected chi connectivity index (χ2v) is 6.91. The van der Waals surface area contributed by atoms with Crippen LogP contribution in [0.2, 0.25) is 0 Å². The van der Waals surface area contributed by atoms with Crippen molar-refractivity contribution in [3.05, 3.63) is 108 Å². The summed E-state index contributed by atoms with van der Waals surface area (Å²) in [7, 11) is 0. The van der Waals surface area contributed by atoms with Gasteiger partial charge in [-0.3, -0.25) is 4.79 Å². The Hall–Kier alpha value is -4.65. The summed E-state index contributed by atoms with van der Waals surface area (Å²) in [6.45, 7) is 0. The maximum atomic E-state index is 11.9. The molecule has 0 bridgehead atoms. The first-order valence-electron chi connectivity index (χ1n) is 9.75. The quantitative estimate of drug-likeness (QED) is 0.286. The van der Waals surface area contributed by atoms with E-state index in [0.29, 0.717) is 16.6 Å². The molecule has 0 aliphatic heterocycles. The summed E-state index contributed by atoms with van der Waals surface area (Å²) >= 11 is 0. The van der Waals surface area contributed by atoms with Gasteiger partial charge in [0.05, 0.1) is 5.56 Å². The summed E-state index contributed by atoms with van der Waals surface area (Å²) in [6, 6.07) is 28.1. The van der Waals surface area contributed by atoms with Crippen LogP contribution in [-0.2, 0) is 0 Å². The van der Waals surface area contributed by atoms with Gasteiger partial charge in [-0.05, 0) is 29.0 Å². The molecule has 5 aromatic rings. The summed E-state index contributed by atoms with van der Waals surface area (Å²) in [5.41, 5.74) is 4.04. The number of carbonyl (C=O) groups is 1. The number of hydrogen-bond donors (Lipinski definition) is 3. The SMILES string of the molecule is O=C(c1ccccc1)c1ccc(O)cc1O.On1nnc2c(-c3ccccc3)cccc21. The molecule has 1 aromatic heterocycles. The number of phenolic OH excluding ortho intramolecular Hbond substituents is 2. The molecule has 0 aliphatic rings. The van der Waals surface area contributed by atoms with E-state index < -0.39 is 0 Å². The summed E-state index contributed by atoms with van der Waals surface area (Å²) in [5, 5.41) is 35.6. The third-order valence-electron chi connectivity index (χ3n) is 4.81. The largest absolute Gasteiger partial charge is 0.508 e. The van der Waals surface area contributed by atoms with Gasteiger partial charge in [0.2, 0.25) is 0 Å². The first-order chi connectivity index (χ1) is 15.5. The summed E-state index contributed by atoms with van der Waals surface area (Å²) in [5.74, 6) is -0.547. The Morgan fingerprint density at radius 1 is 0.781 bits per heavy atom. The van der Waals surface area contributed by atoms with Gasteiger partial charge in [0.15, 0.2) is 5.78 Å². The molecular weight excluding hydrogens is 406 g/mol. The molecule has 7 heteroatoms. The van der Waals surface area contributed by atoms with E-state index >= 15 is 0 Å². The highest BCUT2D eigenvalue weighted by Gasteiger charge is 2.13. The Bertz CT molecular complexity index is 1370. The Morgan fingerprint density at radius 3 is 2.16 bits per heavy atom. The Labute approximate surface area is 183 Å². The van der Waals surface area contributed by atoms with Gasteiger partial charge in [0, 0.05) is 17.2 Å². The zero-order valence-corrected chi connectivity index (χ0v) is 16.8. The number of carbonyl (C=O) groups excluding carboxylic acids is 1. The topological polar surface area (TPSA) is 108 Å². The number of rotatable bonds is 3. The maximum Gasteiger partial charge on any atom is 0.196 e. The van der Waals surface area contributed by atoms with Crippen molar-refractivity contribution in [1.82, 2.24) is 15.2 Å². The molecule has 3 N–H and O–H groups in total. The van der Waals surface area contributed by atoms with Crippen molar-refractivity contribution in [3.8, 4) is 22.6 Å². The number of benzene rings is 4. The van der Waals surface area contributed by atoms with E-state index in [9.17, 15) is 15.1 Å². The van der Waals surface area contributed by atoms with Crippen LogP contribution in [0.25, 0.3) is 22.2 Å². The van der Waals surface area contributed by atoms with Crippen molar-refractivity contribution in [2.45, 2.75) is 0 Å². The lowest BCUT2D eigenvalue weighted by atomic mass is 10.0. The molecule has 5 rings (SSSR count). The van der Waals surface area contributed by atoms with Crippen LogP contribution in [-0.4, -0.2) is 36.4 Å². The lowest BCUT2D eigenvalue weighted by Gasteiger charge is -2.04. The monoisotopic (exact) mass is 425 g/mol. The molecule has 0 saturated heterocycles. The third kappa shape index (κ3) is 4.27. The molecular formula is C25H19N3O4. The van der Waals surface area contributed by atoms with Crippen LogP contribution in [0, 0.1) is 0 Å². The average molecular weight is 425 g/mol. The van der Waals surface area contributed by atoms with E-state index in [0.717, 1.165) is 22.0 Å². The smallest absolute Gasteiger partial charge is 0.196 e. The average Bonchev–Trinajstić information content (AvgIpc) is 3.21. The fraction of sp³-hybridized carbons (Fsp3) is 0. The number of phenols is 2. The van der Waals surface area contributed by atoms with Crippen LogP contribution < -0.4 is 0 Å². The Kier molecular flexibility index (Phi) is 5.81. The number of nitrogens with zero attached hydrogens (tertiary/aromatic N) is 3. The van der Waals surface area contributed by atoms with Gasteiger partial charge in [-0.15, -0.1) is 5.10 Å². The van der Waals surface area contributed by atoms with Crippen LogP contribution in [0.4, 0.5) is 0 Å². The van der Waals surface area contributed by atoms with E-state index in [4.69, 9.17) is 5.11 Å². The van der Waals surface area contributed by atoms with Gasteiger partial charge in [0.25, 0.3) is 0 Å². The van der Waals surface area contributed by atoms with Crippen molar-refractivity contribution in [2.75, 3.05) is 0 Å². The molecule has 0 aliphatic carbocycles. The van der Waals surface area contributed by atoms with Gasteiger partial charge in [-0.1, -0.05) is 77.6 Å². The number of fused-ring (bicyclic) bond motifs is 1. The van der Waals surface area contributed by atoms with Gasteiger partial charge in [-0.2, -0.15) is 0 Å². The van der Waals surface area contributed by atoms with Crippen molar-refractivity contribution >= 4 is 16.8 Å². The van der Waals surface area contributed by atoms with Crippen LogP contribution >= 0.6 is 0 Å². The van der Waals surface area contributed by atoms with E-state index in [2.05, 4.69) is 10.3 Å². The molecule has 1 heterocycles. The normalized spacial score (nSPS) is 10.4. The van der Waals surface area contributed by atoms with Crippen molar-refractivity contribution in [1.29, 1.82) is 0 Å². The van der Waals surface area contributed by atoms with E-state index in [-0.39, 0.29) is 22.8 Å². The molecule has 0 unspecified atom stereocenters. The fourth-order valence-corrected chi connectivity index (χ4v) is 3.24. The molecule has 0 spiro atoms. The minimum absolute atomic E-state index is 0.0675. The molecule has 4 aromatic carbocycles. The van der Waals surface area contributed by atoms with Crippen molar-refractivity contribution < 1.29 is 20.2 Å². The number of aromatic hydroxyl groups is 2. The summed E-state index contributed by atoms with van der Waals surface area (Å²) in [4.78, 5) is 12.7. The van der Waals surface area contributed by atoms with Gasteiger partial charge < -0.3 is 15.4 Å². The Morgan fingerprint density at radius 2 is 1.47 bits per heavy atom. The lowest BCUT2D eigenvalue weighted by molar-refractivity contribution is 0.103. The first-order valence-corrected chi connectivity index (χ1v) is 9.75. The van der Waals surface area contributed by atoms with E-state index in [1.165, 1.54) is 12.1 Å². The van der Waals surface area contributed by atoms with E-state index in [1.54, 1.807) is 30.3 Å². The third-order valence-corrected chi connectivity index (χ3v) is 4.81. The predicted molar refractivity (Wildman–Crippen MR) is 120 cm³/mol. The molecule has 0 fully saturated rings. The molecule has 0 atom stereocenters. The zero-order chi connectivity index (χ0) is 22.5. The predicted octanol–water partition coefficient (Wildman–Crippen LogP) is 4.66. The first kappa shape index (κ1) is 20.6. The highest BCUT2D eigenvalue weighted by molar-refractivity contribution is 6.10. The fourth-order valence-electron chi connectivity index (χ4n) is 3.24. The van der Waals surface area contributed by atoms with Crippen LogP contribution in [0.1, 0.15) is 15.9 Å². The molecule has 7 nitrogen and oxygen atoms in total. The zero-order valence-electron chi connectivity index (χ0n) is 16.8. The Balaban J connectivity index is 0.000000153. The number of aromatic nitrogens is 3. The van der Waals surface area contributed by atoms with Gasteiger partial charge in [0.1, 0.15) is 22.5 Å². The maximum absolute atomic E-state index is 11.9. The second kappa shape index (κ2) is 9.01. The summed E-state index contributed by atoms with van der Waals surface area (Å²) in [6.07, 6.45) is 0. The van der Waals surface area contributed by atoms with Gasteiger partial charge >= 0.3 is 0 Å². The molecule has 0 saturated carbocycles. The van der Waals surface area contributed by atoms with Crippen molar-refractivity contribution in [2.24, 2.45) is 0 Å². The van der Waals surface area contributed by atoms with Crippen LogP contribution in [0.5, 0.6) is 11.5 Å². The van der Waals surface area contributed by atoms with Crippen LogP contribution in [0.3, 0.4) is 0 Å². The highest BCUT2D eigenvalue weighted by Crippen LogP contribution is 2.26. The lowest BCUT2D eigenvalue weighted by Crippen LogP contribution is -2.00. The van der Waals surface area contributed by atoms with Gasteiger partial charge in [-0.25, -0.2) is 0 Å². The van der Waals surface area contributed by atoms with E-state index in [1.807, 2.05) is 48.5 Å². The van der Waals surface area contributed by atoms with Crippen molar-refractivity contribution in [3.63, 3.8) is 0 Å². The number of hydrogen-bond acceptors (Lipinski definition) is 6. The number of ketones is 1. The molecule has 32 heavy (non-hydrogen) atoms. The van der Waals surface area contributed by atoms with Crippen LogP contribution in [0.15, 0.2) is 97.1 Å². The minimum atomic E-state index is -0.266. The highest BCUT2D eigenvalue weighted by atomic mass is 16.5. The standard InChI is InChI=1S/C13H10O3.C12H9N3O/c14-10-6-7-11(12(15)8-10)13(16)9-4-2-1-3-5-9;16-15-11-8-4-7-10(12(11)13-14-15)9-5-2-1-3-6-9/h1-8,14-15H;1-8,16H. The molecule has 0 amide bonds. The second-order valence-electron chi connectivity index (χ2n) is 6.91. The summed E-state index contributed by atoms with van der Waals surface area (Å²) < 4.78 is 0. The molecule has 158 valence electrons. The minimum Gasteiger partial charge on any atom is -0.508 e. The molecule has 0 radical (unpaired) electrons.